The van der Waals surface area contributed by atoms with Crippen LogP contribution in [0.3, 0.4) is 0 Å². The van der Waals surface area contributed by atoms with Gasteiger partial charge in [0.25, 0.3) is 0 Å². The number of hydrogen-bond donors (Lipinski definition) is 1. The van der Waals surface area contributed by atoms with Crippen LogP contribution in [0.25, 0.3) is 0 Å². The highest BCUT2D eigenvalue weighted by atomic mass is 14.8. The highest BCUT2D eigenvalue weighted by molar-refractivity contribution is 5.33. The lowest BCUT2D eigenvalue weighted by Gasteiger charge is -2.16. The maximum atomic E-state index is 8.43. The van der Waals surface area contributed by atoms with E-state index >= 15 is 0 Å². The second-order valence-corrected chi connectivity index (χ2v) is 4.72. The van der Waals surface area contributed by atoms with Gasteiger partial charge in [-0.05, 0) is 55.3 Å². The molecule has 2 heteroatoms. The first-order valence-electron chi connectivity index (χ1n) is 6.58. The molecule has 0 atom stereocenters. The Morgan fingerprint density at radius 3 is 2.76 bits per heavy atom. The van der Waals surface area contributed by atoms with E-state index in [1.165, 1.54) is 31.2 Å². The van der Waals surface area contributed by atoms with E-state index < -0.39 is 0 Å². The zero-order chi connectivity index (χ0) is 11.9. The Bertz CT molecular complexity index is 404. The third kappa shape index (κ3) is 3.57. The molecule has 1 aliphatic rings. The minimum absolute atomic E-state index is 0.601. The molecule has 0 aromatic heterocycles. The first-order chi connectivity index (χ1) is 8.40. The number of hydrogen-bond acceptors (Lipinski definition) is 2. The van der Waals surface area contributed by atoms with Crippen LogP contribution >= 0.6 is 0 Å². The van der Waals surface area contributed by atoms with Gasteiger partial charge in [-0.1, -0.05) is 18.2 Å². The van der Waals surface area contributed by atoms with Crippen LogP contribution in [0.1, 0.15) is 36.0 Å². The maximum Gasteiger partial charge on any atom is 0.0635 e. The van der Waals surface area contributed by atoms with Gasteiger partial charge in [0.1, 0.15) is 0 Å². The number of nitrogens with one attached hydrogen (secondary N) is 1. The SMILES string of the molecule is N#CCCNCCc1ccc2c(c1)CCCC2. The molecule has 0 saturated carbocycles. The van der Waals surface area contributed by atoms with E-state index in [0.717, 1.165) is 19.5 Å². The molecular weight excluding hydrogens is 208 g/mol. The van der Waals surface area contributed by atoms with Crippen LogP contribution in [0, 0.1) is 11.3 Å². The van der Waals surface area contributed by atoms with Gasteiger partial charge in [0.2, 0.25) is 0 Å². The lowest BCUT2D eigenvalue weighted by molar-refractivity contribution is 0.676. The summed E-state index contributed by atoms with van der Waals surface area (Å²) in [7, 11) is 0. The molecule has 1 N–H and O–H groups in total. The average molecular weight is 228 g/mol. The predicted octanol–water partition coefficient (Wildman–Crippen LogP) is 2.61. The molecule has 0 radical (unpaired) electrons. The fourth-order valence-electron chi connectivity index (χ4n) is 2.44. The molecular formula is C15H20N2. The molecule has 90 valence electrons. The second kappa shape index (κ2) is 6.42. The van der Waals surface area contributed by atoms with Gasteiger partial charge in [-0.2, -0.15) is 5.26 Å². The summed E-state index contributed by atoms with van der Waals surface area (Å²) in [5, 5.41) is 11.7. The van der Waals surface area contributed by atoms with Crippen molar-refractivity contribution in [2.75, 3.05) is 13.1 Å². The van der Waals surface area contributed by atoms with Gasteiger partial charge in [0.15, 0.2) is 0 Å². The van der Waals surface area contributed by atoms with Crippen LogP contribution < -0.4 is 5.32 Å². The Balaban J connectivity index is 1.83. The highest BCUT2D eigenvalue weighted by Crippen LogP contribution is 2.22. The molecule has 2 nitrogen and oxygen atoms in total. The fourth-order valence-corrected chi connectivity index (χ4v) is 2.44. The van der Waals surface area contributed by atoms with Crippen LogP contribution in [0.2, 0.25) is 0 Å². The summed E-state index contributed by atoms with van der Waals surface area (Å²) < 4.78 is 0. The normalized spacial score (nSPS) is 14.1. The summed E-state index contributed by atoms with van der Waals surface area (Å²) in [6.45, 7) is 1.78. The molecule has 0 aliphatic heterocycles. The molecule has 0 bridgehead atoms. The minimum atomic E-state index is 0.601. The van der Waals surface area contributed by atoms with Crippen molar-refractivity contribution >= 4 is 0 Å². The largest absolute Gasteiger partial charge is 0.315 e. The number of rotatable bonds is 5. The molecule has 0 saturated heterocycles. The van der Waals surface area contributed by atoms with Crippen molar-refractivity contribution in [3.05, 3.63) is 34.9 Å². The van der Waals surface area contributed by atoms with Crippen molar-refractivity contribution in [3.8, 4) is 6.07 Å². The van der Waals surface area contributed by atoms with E-state index in [4.69, 9.17) is 5.26 Å². The predicted molar refractivity (Wildman–Crippen MR) is 69.9 cm³/mol. The fraction of sp³-hybridized carbons (Fsp3) is 0.533. The first kappa shape index (κ1) is 12.1. The average Bonchev–Trinajstić information content (AvgIpc) is 2.38. The van der Waals surface area contributed by atoms with Crippen LogP contribution in [0.4, 0.5) is 0 Å². The van der Waals surface area contributed by atoms with Gasteiger partial charge in [-0.15, -0.1) is 0 Å². The first-order valence-corrected chi connectivity index (χ1v) is 6.58. The van der Waals surface area contributed by atoms with Crippen molar-refractivity contribution in [3.63, 3.8) is 0 Å². The molecule has 0 heterocycles. The molecule has 0 amide bonds. The number of fused-ring (bicyclic) bond motifs is 1. The number of nitriles is 1. The number of nitrogens with zero attached hydrogens (tertiary/aromatic N) is 1. The molecule has 1 aromatic rings. The molecule has 1 aromatic carbocycles. The molecule has 1 aliphatic carbocycles. The quantitative estimate of drug-likeness (QED) is 0.786. The van der Waals surface area contributed by atoms with Crippen molar-refractivity contribution < 1.29 is 0 Å². The maximum absolute atomic E-state index is 8.43. The molecule has 2 rings (SSSR count). The topological polar surface area (TPSA) is 35.8 Å². The van der Waals surface area contributed by atoms with Crippen molar-refractivity contribution in [1.82, 2.24) is 5.32 Å². The van der Waals surface area contributed by atoms with Gasteiger partial charge in [0.05, 0.1) is 6.07 Å². The van der Waals surface area contributed by atoms with Gasteiger partial charge < -0.3 is 5.32 Å². The van der Waals surface area contributed by atoms with Crippen LogP contribution in [0.15, 0.2) is 18.2 Å². The summed E-state index contributed by atoms with van der Waals surface area (Å²) in [6.07, 6.45) is 6.88. The van der Waals surface area contributed by atoms with E-state index in [-0.39, 0.29) is 0 Å². The molecule has 0 spiro atoms. The second-order valence-electron chi connectivity index (χ2n) is 4.72. The number of benzene rings is 1. The van der Waals surface area contributed by atoms with Crippen molar-refractivity contribution in [1.29, 1.82) is 5.26 Å². The van der Waals surface area contributed by atoms with Crippen molar-refractivity contribution in [2.45, 2.75) is 38.5 Å². The van der Waals surface area contributed by atoms with Gasteiger partial charge >= 0.3 is 0 Å². The van der Waals surface area contributed by atoms with Gasteiger partial charge in [-0.25, -0.2) is 0 Å². The Kier molecular flexibility index (Phi) is 4.58. The zero-order valence-electron chi connectivity index (χ0n) is 10.3. The van der Waals surface area contributed by atoms with Gasteiger partial charge in [-0.3, -0.25) is 0 Å². The lowest BCUT2D eigenvalue weighted by atomic mass is 9.90. The van der Waals surface area contributed by atoms with E-state index in [9.17, 15) is 0 Å². The monoisotopic (exact) mass is 228 g/mol. The summed E-state index contributed by atoms with van der Waals surface area (Å²) in [4.78, 5) is 0. The van der Waals surface area contributed by atoms with E-state index in [1.807, 2.05) is 0 Å². The lowest BCUT2D eigenvalue weighted by Crippen LogP contribution is -2.18. The molecule has 0 fully saturated rings. The third-order valence-corrected chi connectivity index (χ3v) is 3.42. The summed E-state index contributed by atoms with van der Waals surface area (Å²) in [6, 6.07) is 9.08. The Morgan fingerprint density at radius 1 is 1.12 bits per heavy atom. The van der Waals surface area contributed by atoms with E-state index in [1.54, 1.807) is 11.1 Å². The van der Waals surface area contributed by atoms with Crippen LogP contribution in [0.5, 0.6) is 0 Å². The van der Waals surface area contributed by atoms with E-state index in [0.29, 0.717) is 6.42 Å². The molecule has 17 heavy (non-hydrogen) atoms. The van der Waals surface area contributed by atoms with Crippen LogP contribution in [-0.4, -0.2) is 13.1 Å². The summed E-state index contributed by atoms with van der Waals surface area (Å²) in [5.74, 6) is 0. The summed E-state index contributed by atoms with van der Waals surface area (Å²) >= 11 is 0. The van der Waals surface area contributed by atoms with E-state index in [2.05, 4.69) is 29.6 Å². The Hall–Kier alpha value is -1.33. The standard InChI is InChI=1S/C15H20N2/c16-9-3-10-17-11-8-13-6-7-14-4-1-2-5-15(14)12-13/h6-7,12,17H,1-5,8,10-11H2. The smallest absolute Gasteiger partial charge is 0.0635 e. The van der Waals surface area contributed by atoms with Crippen molar-refractivity contribution in [2.24, 2.45) is 0 Å². The zero-order valence-corrected chi connectivity index (χ0v) is 10.3. The summed E-state index contributed by atoms with van der Waals surface area (Å²) in [5.41, 5.74) is 4.54. The van der Waals surface area contributed by atoms with Gasteiger partial charge in [0, 0.05) is 13.0 Å². The Morgan fingerprint density at radius 2 is 1.94 bits per heavy atom. The molecule has 0 unspecified atom stereocenters. The Labute approximate surface area is 104 Å². The number of aryl methyl sites for hydroxylation is 2. The highest BCUT2D eigenvalue weighted by Gasteiger charge is 2.08. The van der Waals surface area contributed by atoms with Crippen LogP contribution in [-0.2, 0) is 19.3 Å². The third-order valence-electron chi connectivity index (χ3n) is 3.42. The minimum Gasteiger partial charge on any atom is -0.315 e.